The van der Waals surface area contributed by atoms with Crippen LogP contribution in [-0.4, -0.2) is 25.2 Å². The largest absolute Gasteiger partial charge is 0.376 e. The Kier molecular flexibility index (Phi) is 3.29. The number of carbonyl (C=O) groups excluding carboxylic acids is 1. The van der Waals surface area contributed by atoms with Gasteiger partial charge in [-0.1, -0.05) is 0 Å². The lowest BCUT2D eigenvalue weighted by Gasteiger charge is -2.56. The van der Waals surface area contributed by atoms with Crippen LogP contribution in [0.3, 0.4) is 0 Å². The van der Waals surface area contributed by atoms with E-state index in [9.17, 15) is 4.79 Å². The molecule has 1 heterocycles. The molecule has 0 aromatic heterocycles. The maximum absolute atomic E-state index is 12.3. The van der Waals surface area contributed by atoms with Crippen molar-refractivity contribution in [2.75, 3.05) is 13.2 Å². The minimum atomic E-state index is 0.273. The zero-order chi connectivity index (χ0) is 13.6. The van der Waals surface area contributed by atoms with Crippen molar-refractivity contribution < 1.29 is 9.53 Å². The van der Waals surface area contributed by atoms with Gasteiger partial charge in [0.2, 0.25) is 5.91 Å². The predicted octanol–water partition coefficient (Wildman–Crippen LogP) is 2.89. The van der Waals surface area contributed by atoms with Crippen molar-refractivity contribution in [3.63, 3.8) is 0 Å². The summed E-state index contributed by atoms with van der Waals surface area (Å²) in [4.78, 5) is 12.3. The zero-order valence-corrected chi connectivity index (χ0v) is 12.4. The van der Waals surface area contributed by atoms with Crippen molar-refractivity contribution in [1.29, 1.82) is 0 Å². The average molecular weight is 277 g/mol. The van der Waals surface area contributed by atoms with Crippen LogP contribution in [0.15, 0.2) is 0 Å². The number of amides is 1. The Morgan fingerprint density at radius 1 is 1.10 bits per heavy atom. The zero-order valence-electron chi connectivity index (χ0n) is 12.4. The molecule has 1 N–H and O–H groups in total. The van der Waals surface area contributed by atoms with Gasteiger partial charge in [0.1, 0.15) is 0 Å². The van der Waals surface area contributed by atoms with E-state index in [1.54, 1.807) is 0 Å². The molecule has 20 heavy (non-hydrogen) atoms. The van der Waals surface area contributed by atoms with Crippen LogP contribution in [0.5, 0.6) is 0 Å². The smallest absolute Gasteiger partial charge is 0.220 e. The third kappa shape index (κ3) is 2.49. The topological polar surface area (TPSA) is 38.3 Å². The predicted molar refractivity (Wildman–Crippen MR) is 77.2 cm³/mol. The Hall–Kier alpha value is -0.570. The lowest BCUT2D eigenvalue weighted by Crippen LogP contribution is -2.48. The second-order valence-electron chi connectivity index (χ2n) is 8.03. The van der Waals surface area contributed by atoms with Crippen LogP contribution in [0.25, 0.3) is 0 Å². The second kappa shape index (κ2) is 5.01. The first kappa shape index (κ1) is 13.1. The fourth-order valence-corrected chi connectivity index (χ4v) is 5.94. The summed E-state index contributed by atoms with van der Waals surface area (Å²) in [7, 11) is 0. The molecular formula is C17H27NO2. The fourth-order valence-electron chi connectivity index (χ4n) is 5.94. The lowest BCUT2D eigenvalue weighted by atomic mass is 9.49. The van der Waals surface area contributed by atoms with Crippen molar-refractivity contribution in [2.24, 2.45) is 23.2 Å². The normalized spacial score (nSPS) is 45.8. The van der Waals surface area contributed by atoms with Crippen molar-refractivity contribution in [1.82, 2.24) is 5.32 Å². The first-order valence-corrected chi connectivity index (χ1v) is 8.59. The molecule has 1 saturated heterocycles. The van der Waals surface area contributed by atoms with Crippen LogP contribution in [0.4, 0.5) is 0 Å². The van der Waals surface area contributed by atoms with E-state index in [4.69, 9.17) is 4.74 Å². The standard InChI is InChI=1S/C17H27NO2/c19-16(18-11-15-2-1-3-20-15)10-17-7-12-4-13(8-17)6-14(5-12)9-17/h12-15H,1-11H2,(H,18,19)/t12?,13?,14?,15-,17?/m0/s1. The number of rotatable bonds is 4. The van der Waals surface area contributed by atoms with Crippen LogP contribution in [-0.2, 0) is 9.53 Å². The third-order valence-electron chi connectivity index (χ3n) is 6.25. The van der Waals surface area contributed by atoms with Gasteiger partial charge in [0.05, 0.1) is 6.10 Å². The molecule has 1 aliphatic heterocycles. The van der Waals surface area contributed by atoms with Crippen molar-refractivity contribution in [3.05, 3.63) is 0 Å². The van der Waals surface area contributed by atoms with Crippen LogP contribution in [0, 0.1) is 23.2 Å². The molecule has 4 bridgehead atoms. The molecule has 3 nitrogen and oxygen atoms in total. The van der Waals surface area contributed by atoms with Gasteiger partial charge in [-0.2, -0.15) is 0 Å². The molecule has 0 unspecified atom stereocenters. The lowest BCUT2D eigenvalue weighted by molar-refractivity contribution is -0.129. The Bertz CT molecular complexity index is 351. The molecule has 3 heteroatoms. The highest BCUT2D eigenvalue weighted by Gasteiger charge is 2.51. The molecule has 0 spiro atoms. The van der Waals surface area contributed by atoms with Gasteiger partial charge < -0.3 is 10.1 Å². The summed E-state index contributed by atoms with van der Waals surface area (Å²) < 4.78 is 5.58. The van der Waals surface area contributed by atoms with Gasteiger partial charge in [-0.25, -0.2) is 0 Å². The Labute approximate surface area is 121 Å². The van der Waals surface area contributed by atoms with E-state index < -0.39 is 0 Å². The van der Waals surface area contributed by atoms with Gasteiger partial charge in [0.15, 0.2) is 0 Å². The van der Waals surface area contributed by atoms with Crippen molar-refractivity contribution in [2.45, 2.75) is 63.9 Å². The summed E-state index contributed by atoms with van der Waals surface area (Å²) in [6, 6.07) is 0. The molecule has 5 fully saturated rings. The van der Waals surface area contributed by atoms with Crippen LogP contribution >= 0.6 is 0 Å². The maximum Gasteiger partial charge on any atom is 0.220 e. The number of carbonyl (C=O) groups is 1. The molecule has 1 atom stereocenters. The number of hydrogen-bond donors (Lipinski definition) is 1. The third-order valence-corrected chi connectivity index (χ3v) is 6.25. The molecule has 5 aliphatic rings. The first-order chi connectivity index (χ1) is 9.71. The second-order valence-corrected chi connectivity index (χ2v) is 8.03. The van der Waals surface area contributed by atoms with Crippen LogP contribution in [0.1, 0.15) is 57.8 Å². The van der Waals surface area contributed by atoms with Crippen LogP contribution < -0.4 is 5.32 Å². The number of hydrogen-bond acceptors (Lipinski definition) is 2. The Balaban J connectivity index is 1.32. The number of ether oxygens (including phenoxy) is 1. The summed E-state index contributed by atoms with van der Waals surface area (Å²) in [5.41, 5.74) is 0.370. The molecule has 0 aromatic rings. The summed E-state index contributed by atoms with van der Waals surface area (Å²) in [6.07, 6.45) is 11.7. The monoisotopic (exact) mass is 277 g/mol. The van der Waals surface area contributed by atoms with E-state index >= 15 is 0 Å². The highest BCUT2D eigenvalue weighted by Crippen LogP contribution is 2.61. The van der Waals surface area contributed by atoms with E-state index in [1.165, 1.54) is 38.5 Å². The molecule has 1 amide bonds. The average Bonchev–Trinajstić information content (AvgIpc) is 2.87. The molecule has 5 rings (SSSR count). The van der Waals surface area contributed by atoms with Gasteiger partial charge in [0, 0.05) is 19.6 Å². The highest BCUT2D eigenvalue weighted by molar-refractivity contribution is 5.76. The summed E-state index contributed by atoms with van der Waals surface area (Å²) in [5, 5.41) is 3.14. The van der Waals surface area contributed by atoms with Gasteiger partial charge in [0.25, 0.3) is 0 Å². The summed E-state index contributed by atoms with van der Waals surface area (Å²) in [6.45, 7) is 1.60. The highest BCUT2D eigenvalue weighted by atomic mass is 16.5. The van der Waals surface area contributed by atoms with E-state index in [1.807, 2.05) is 0 Å². The van der Waals surface area contributed by atoms with Gasteiger partial charge in [-0.15, -0.1) is 0 Å². The van der Waals surface area contributed by atoms with Gasteiger partial charge >= 0.3 is 0 Å². The molecule has 0 aromatic carbocycles. The molecular weight excluding hydrogens is 250 g/mol. The molecule has 112 valence electrons. The minimum Gasteiger partial charge on any atom is -0.376 e. The van der Waals surface area contributed by atoms with E-state index in [-0.39, 0.29) is 12.0 Å². The summed E-state index contributed by atoms with van der Waals surface area (Å²) >= 11 is 0. The SMILES string of the molecule is O=C(CC12CC3CC(CC(C3)C1)C2)NC[C@@H]1CCCO1. The fraction of sp³-hybridized carbons (Fsp3) is 0.941. The maximum atomic E-state index is 12.3. The van der Waals surface area contributed by atoms with Crippen molar-refractivity contribution >= 4 is 5.91 Å². The molecule has 0 radical (unpaired) electrons. The van der Waals surface area contributed by atoms with E-state index in [0.29, 0.717) is 5.41 Å². The van der Waals surface area contributed by atoms with E-state index in [0.717, 1.165) is 50.2 Å². The minimum absolute atomic E-state index is 0.273. The Morgan fingerprint density at radius 3 is 2.30 bits per heavy atom. The summed E-state index contributed by atoms with van der Waals surface area (Å²) in [5.74, 6) is 3.09. The number of nitrogens with one attached hydrogen (secondary N) is 1. The molecule has 4 saturated carbocycles. The first-order valence-electron chi connectivity index (χ1n) is 8.59. The van der Waals surface area contributed by atoms with Crippen molar-refractivity contribution in [3.8, 4) is 0 Å². The Morgan fingerprint density at radius 2 is 1.75 bits per heavy atom. The van der Waals surface area contributed by atoms with Gasteiger partial charge in [-0.3, -0.25) is 4.79 Å². The van der Waals surface area contributed by atoms with Gasteiger partial charge in [-0.05, 0) is 74.5 Å². The van der Waals surface area contributed by atoms with E-state index in [2.05, 4.69) is 5.32 Å². The quantitative estimate of drug-likeness (QED) is 0.858. The van der Waals surface area contributed by atoms with Crippen LogP contribution in [0.2, 0.25) is 0 Å². The molecule has 4 aliphatic carbocycles.